The van der Waals surface area contributed by atoms with E-state index in [9.17, 15) is 8.42 Å². The minimum Gasteiger partial charge on any atom is -0.370 e. The molecule has 0 atom stereocenters. The van der Waals surface area contributed by atoms with Crippen LogP contribution in [0.15, 0.2) is 12.3 Å². The number of rotatable bonds is 6. The van der Waals surface area contributed by atoms with Crippen LogP contribution in [0.25, 0.3) is 0 Å². The molecule has 1 aliphatic heterocycles. The molecule has 1 saturated heterocycles. The molecule has 0 spiro atoms. The maximum Gasteiger partial charge on any atom is 0.152 e. The summed E-state index contributed by atoms with van der Waals surface area (Å²) < 4.78 is 22.7. The van der Waals surface area contributed by atoms with Gasteiger partial charge in [-0.2, -0.15) is 0 Å². The Labute approximate surface area is 126 Å². The number of nitrogens with zero attached hydrogens (tertiary/aromatic N) is 3. The molecule has 118 valence electrons. The van der Waals surface area contributed by atoms with E-state index in [0.717, 1.165) is 31.2 Å². The summed E-state index contributed by atoms with van der Waals surface area (Å²) in [7, 11) is -2.78. The van der Waals surface area contributed by atoms with Crippen LogP contribution in [-0.4, -0.2) is 61.0 Å². The second kappa shape index (κ2) is 7.17. The predicted molar refractivity (Wildman–Crippen MR) is 84.3 cm³/mol. The van der Waals surface area contributed by atoms with E-state index in [1.165, 1.54) is 0 Å². The van der Waals surface area contributed by atoms with Crippen molar-refractivity contribution in [2.45, 2.75) is 26.2 Å². The van der Waals surface area contributed by atoms with Gasteiger partial charge >= 0.3 is 0 Å². The lowest BCUT2D eigenvalue weighted by Gasteiger charge is -2.26. The molecule has 0 amide bonds. The minimum atomic E-state index is -2.78. The summed E-state index contributed by atoms with van der Waals surface area (Å²) in [5.41, 5.74) is 0. The molecular weight excluding hydrogens is 288 g/mol. The lowest BCUT2D eigenvalue weighted by molar-refractivity contribution is 0.294. The summed E-state index contributed by atoms with van der Waals surface area (Å²) in [6.07, 6.45) is 2.75. The first-order chi connectivity index (χ1) is 9.96. The van der Waals surface area contributed by atoms with Gasteiger partial charge in [-0.15, -0.1) is 0 Å². The molecule has 0 radical (unpaired) electrons. The maximum atomic E-state index is 11.3. The number of aromatic nitrogens is 2. The Kier molecular flexibility index (Phi) is 5.52. The van der Waals surface area contributed by atoms with Gasteiger partial charge < -0.3 is 10.2 Å². The van der Waals surface area contributed by atoms with E-state index in [1.807, 2.05) is 6.07 Å². The van der Waals surface area contributed by atoms with E-state index < -0.39 is 9.84 Å². The van der Waals surface area contributed by atoms with E-state index in [1.54, 1.807) is 6.20 Å². The molecular formula is C14H24N4O2S. The molecule has 2 rings (SSSR count). The van der Waals surface area contributed by atoms with Crippen molar-refractivity contribution in [3.8, 4) is 0 Å². The molecule has 0 unspecified atom stereocenters. The average Bonchev–Trinajstić information content (AvgIpc) is 2.45. The van der Waals surface area contributed by atoms with Crippen molar-refractivity contribution in [2.75, 3.05) is 43.0 Å². The zero-order chi connectivity index (χ0) is 15.3. The first kappa shape index (κ1) is 16.2. The van der Waals surface area contributed by atoms with Gasteiger partial charge in [0.25, 0.3) is 0 Å². The lowest BCUT2D eigenvalue weighted by atomic mass is 10.2. The molecule has 1 aromatic rings. The van der Waals surface area contributed by atoms with Crippen molar-refractivity contribution in [1.82, 2.24) is 14.9 Å². The number of sulfone groups is 1. The maximum absolute atomic E-state index is 11.3. The lowest BCUT2D eigenvalue weighted by Crippen LogP contribution is -2.41. The van der Waals surface area contributed by atoms with Gasteiger partial charge in [-0.05, 0) is 19.0 Å². The summed E-state index contributed by atoms with van der Waals surface area (Å²) in [4.78, 5) is 10.9. The third-order valence-electron chi connectivity index (χ3n) is 3.58. The second-order valence-electron chi connectivity index (χ2n) is 5.73. The van der Waals surface area contributed by atoms with Gasteiger partial charge in [0.2, 0.25) is 0 Å². The summed E-state index contributed by atoms with van der Waals surface area (Å²) >= 11 is 0. The normalized spacial score (nSPS) is 18.8. The Hall–Kier alpha value is -1.21. The van der Waals surface area contributed by atoms with E-state index in [-0.39, 0.29) is 0 Å². The molecule has 6 nitrogen and oxygen atoms in total. The second-order valence-corrected chi connectivity index (χ2v) is 8.03. The topological polar surface area (TPSA) is 75.2 Å². The molecule has 0 aliphatic carbocycles. The van der Waals surface area contributed by atoms with Crippen molar-refractivity contribution in [3.63, 3.8) is 0 Å². The van der Waals surface area contributed by atoms with Crippen LogP contribution < -0.4 is 5.32 Å². The van der Waals surface area contributed by atoms with E-state index in [2.05, 4.69) is 34.0 Å². The molecule has 2 heterocycles. The number of hydrogen-bond acceptors (Lipinski definition) is 6. The first-order valence-electron chi connectivity index (χ1n) is 7.46. The Bertz CT molecular complexity index is 546. The van der Waals surface area contributed by atoms with Crippen molar-refractivity contribution in [3.05, 3.63) is 18.1 Å². The molecule has 0 saturated carbocycles. The largest absolute Gasteiger partial charge is 0.370 e. The minimum absolute atomic E-state index is 0.296. The van der Waals surface area contributed by atoms with Gasteiger partial charge in [-0.1, -0.05) is 13.8 Å². The highest BCUT2D eigenvalue weighted by Gasteiger charge is 2.20. The van der Waals surface area contributed by atoms with Crippen LogP contribution in [0.5, 0.6) is 0 Å². The molecule has 21 heavy (non-hydrogen) atoms. The Morgan fingerprint density at radius 3 is 2.71 bits per heavy atom. The van der Waals surface area contributed by atoms with Gasteiger partial charge in [0, 0.05) is 31.7 Å². The molecule has 1 N–H and O–H groups in total. The van der Waals surface area contributed by atoms with Crippen molar-refractivity contribution < 1.29 is 8.42 Å². The van der Waals surface area contributed by atoms with Gasteiger partial charge in [-0.25, -0.2) is 18.4 Å². The number of hydrogen-bond donors (Lipinski definition) is 1. The molecule has 1 aromatic heterocycles. The van der Waals surface area contributed by atoms with Crippen LogP contribution in [0.3, 0.4) is 0 Å². The van der Waals surface area contributed by atoms with Crippen molar-refractivity contribution in [2.24, 2.45) is 0 Å². The fourth-order valence-electron chi connectivity index (χ4n) is 2.24. The van der Waals surface area contributed by atoms with Gasteiger partial charge in [-0.3, -0.25) is 0 Å². The van der Waals surface area contributed by atoms with Gasteiger partial charge in [0.1, 0.15) is 11.6 Å². The zero-order valence-electron chi connectivity index (χ0n) is 12.7. The molecule has 7 heteroatoms. The highest BCUT2D eigenvalue weighted by Crippen LogP contribution is 2.11. The quantitative estimate of drug-likeness (QED) is 0.794. The summed E-state index contributed by atoms with van der Waals surface area (Å²) in [6, 6.07) is 1.87. The first-order valence-corrected chi connectivity index (χ1v) is 9.28. The highest BCUT2D eigenvalue weighted by atomic mass is 32.2. The summed E-state index contributed by atoms with van der Waals surface area (Å²) in [5, 5.41) is 3.30. The number of nitrogens with one attached hydrogen (secondary N) is 1. The van der Waals surface area contributed by atoms with Crippen LogP contribution in [-0.2, 0) is 9.84 Å². The van der Waals surface area contributed by atoms with E-state index in [4.69, 9.17) is 0 Å². The van der Waals surface area contributed by atoms with Crippen LogP contribution >= 0.6 is 0 Å². The van der Waals surface area contributed by atoms with Crippen molar-refractivity contribution >= 4 is 15.7 Å². The Morgan fingerprint density at radius 2 is 2.05 bits per heavy atom. The highest BCUT2D eigenvalue weighted by molar-refractivity contribution is 7.91. The zero-order valence-corrected chi connectivity index (χ0v) is 13.6. The van der Waals surface area contributed by atoms with Crippen LogP contribution in [0, 0.1) is 0 Å². The monoisotopic (exact) mass is 312 g/mol. The molecule has 0 aromatic carbocycles. The van der Waals surface area contributed by atoms with E-state index in [0.29, 0.717) is 30.5 Å². The van der Waals surface area contributed by atoms with Crippen LogP contribution in [0.2, 0.25) is 0 Å². The van der Waals surface area contributed by atoms with Gasteiger partial charge in [0.05, 0.1) is 11.5 Å². The third-order valence-corrected chi connectivity index (χ3v) is 5.19. The smallest absolute Gasteiger partial charge is 0.152 e. The van der Waals surface area contributed by atoms with E-state index >= 15 is 0 Å². The van der Waals surface area contributed by atoms with Crippen LogP contribution in [0.1, 0.15) is 32.0 Å². The fraction of sp³-hybridized carbons (Fsp3) is 0.714. The average molecular weight is 312 g/mol. The molecule has 1 fully saturated rings. The Morgan fingerprint density at radius 1 is 1.33 bits per heavy atom. The number of anilines is 1. The summed E-state index contributed by atoms with van der Waals surface area (Å²) in [6.45, 7) is 7.22. The summed E-state index contributed by atoms with van der Waals surface area (Å²) in [5.74, 6) is 2.62. The third kappa shape index (κ3) is 5.24. The SMILES string of the molecule is CC(C)c1nccc(NCCCN2CCS(=O)(=O)CC2)n1. The van der Waals surface area contributed by atoms with Gasteiger partial charge in [0.15, 0.2) is 9.84 Å². The van der Waals surface area contributed by atoms with Crippen molar-refractivity contribution in [1.29, 1.82) is 0 Å². The fourth-order valence-corrected chi connectivity index (χ4v) is 3.52. The Balaban J connectivity index is 1.69. The molecule has 1 aliphatic rings. The predicted octanol–water partition coefficient (Wildman–Crippen LogP) is 1.13. The van der Waals surface area contributed by atoms with Crippen LogP contribution in [0.4, 0.5) is 5.82 Å². The standard InChI is InChI=1S/C14H24N4O2S/c1-12(2)14-16-6-4-13(17-14)15-5-3-7-18-8-10-21(19,20)11-9-18/h4,6,12H,3,5,7-11H2,1-2H3,(H,15,16,17). The molecule has 0 bridgehead atoms.